The van der Waals surface area contributed by atoms with Gasteiger partial charge in [-0.2, -0.15) is 0 Å². The van der Waals surface area contributed by atoms with Gasteiger partial charge in [0.15, 0.2) is 0 Å². The van der Waals surface area contributed by atoms with E-state index in [9.17, 15) is 9.59 Å². The van der Waals surface area contributed by atoms with Crippen molar-refractivity contribution in [3.8, 4) is 0 Å². The van der Waals surface area contributed by atoms with Crippen LogP contribution in [-0.2, 0) is 14.3 Å². The van der Waals surface area contributed by atoms with Crippen LogP contribution in [0.15, 0.2) is 12.2 Å². The first kappa shape index (κ1) is 11.6. The van der Waals surface area contributed by atoms with Crippen molar-refractivity contribution in [3.05, 3.63) is 12.2 Å². The van der Waals surface area contributed by atoms with E-state index >= 15 is 0 Å². The highest BCUT2D eigenvalue weighted by Gasteiger charge is 2.11. The van der Waals surface area contributed by atoms with Gasteiger partial charge in [0.1, 0.15) is 6.61 Å². The number of aliphatic hydroxyl groups is 1. The van der Waals surface area contributed by atoms with Crippen molar-refractivity contribution in [2.75, 3.05) is 6.61 Å². The van der Waals surface area contributed by atoms with Gasteiger partial charge in [-0.05, 0) is 6.92 Å². The van der Waals surface area contributed by atoms with Crippen molar-refractivity contribution in [3.63, 3.8) is 0 Å². The lowest BCUT2D eigenvalue weighted by Crippen LogP contribution is -2.25. The van der Waals surface area contributed by atoms with Crippen LogP contribution in [0.2, 0.25) is 0 Å². The Balaban J connectivity index is 3.70. The molecule has 0 bridgehead atoms. The molecule has 0 aromatic heterocycles. The van der Waals surface area contributed by atoms with Crippen LogP contribution in [0.1, 0.15) is 13.3 Å². The van der Waals surface area contributed by atoms with Crippen molar-refractivity contribution < 1.29 is 19.4 Å². The lowest BCUT2D eigenvalue weighted by molar-refractivity contribution is -0.143. The molecule has 0 saturated carbocycles. The van der Waals surface area contributed by atoms with Crippen LogP contribution in [0, 0.1) is 0 Å². The molecule has 0 heterocycles. The highest BCUT2D eigenvalue weighted by Crippen LogP contribution is 1.96. The van der Waals surface area contributed by atoms with Crippen molar-refractivity contribution in [1.29, 1.82) is 0 Å². The third-order valence-corrected chi connectivity index (χ3v) is 1.19. The second kappa shape index (κ2) is 5.31. The van der Waals surface area contributed by atoms with Gasteiger partial charge in [-0.3, -0.25) is 4.79 Å². The number of hydrogen-bond donors (Lipinski definition) is 2. The van der Waals surface area contributed by atoms with Crippen LogP contribution in [0.25, 0.3) is 0 Å². The summed E-state index contributed by atoms with van der Waals surface area (Å²) < 4.78 is 4.57. The normalized spacial score (nSPS) is 11.8. The summed E-state index contributed by atoms with van der Waals surface area (Å²) in [5, 5.41) is 9.04. The molecule has 1 atom stereocenters. The molecule has 13 heavy (non-hydrogen) atoms. The molecule has 0 radical (unpaired) electrons. The quantitative estimate of drug-likeness (QED) is 0.441. The topological polar surface area (TPSA) is 89.6 Å². The van der Waals surface area contributed by atoms with Gasteiger partial charge in [-0.1, -0.05) is 6.58 Å². The minimum Gasteiger partial charge on any atom is -0.460 e. The molecule has 0 saturated heterocycles. The van der Waals surface area contributed by atoms with Gasteiger partial charge in [0.05, 0.1) is 12.5 Å². The molecule has 1 unspecified atom stereocenters. The summed E-state index contributed by atoms with van der Waals surface area (Å²) in [7, 11) is 0. The third-order valence-electron chi connectivity index (χ3n) is 1.19. The Kier molecular flexibility index (Phi) is 4.76. The zero-order valence-corrected chi connectivity index (χ0v) is 7.45. The predicted octanol–water partition coefficient (Wildman–Crippen LogP) is -0.658. The molecule has 5 nitrogen and oxygen atoms in total. The summed E-state index contributed by atoms with van der Waals surface area (Å²) in [5.41, 5.74) is 5.04. The van der Waals surface area contributed by atoms with Crippen LogP contribution in [0.5, 0.6) is 0 Å². The van der Waals surface area contributed by atoms with E-state index in [4.69, 9.17) is 10.8 Å². The van der Waals surface area contributed by atoms with Gasteiger partial charge in [-0.15, -0.1) is 0 Å². The SMILES string of the molecule is C=C(C)C(=O)OCC(O)CC(N)=O. The fraction of sp³-hybridized carbons (Fsp3) is 0.500. The minimum absolute atomic E-state index is 0.219. The molecule has 1 amide bonds. The maximum atomic E-state index is 10.8. The monoisotopic (exact) mass is 187 g/mol. The Labute approximate surface area is 76.2 Å². The number of hydrogen-bond acceptors (Lipinski definition) is 4. The molecule has 0 fully saturated rings. The van der Waals surface area contributed by atoms with E-state index < -0.39 is 18.0 Å². The van der Waals surface area contributed by atoms with E-state index in [2.05, 4.69) is 11.3 Å². The average molecular weight is 187 g/mol. The summed E-state index contributed by atoms with van der Waals surface area (Å²) in [4.78, 5) is 21.1. The number of nitrogens with two attached hydrogens (primary N) is 1. The van der Waals surface area contributed by atoms with Gasteiger partial charge in [0.25, 0.3) is 0 Å². The Morgan fingerprint density at radius 1 is 1.62 bits per heavy atom. The maximum absolute atomic E-state index is 10.8. The number of ether oxygens (including phenoxy) is 1. The molecule has 0 aromatic rings. The first-order valence-corrected chi connectivity index (χ1v) is 3.72. The molecular formula is C8H13NO4. The summed E-state index contributed by atoms with van der Waals surface area (Å²) in [6, 6.07) is 0. The molecule has 0 rings (SSSR count). The first-order chi connectivity index (χ1) is 5.93. The second-order valence-electron chi connectivity index (χ2n) is 2.70. The summed E-state index contributed by atoms with van der Waals surface area (Å²) in [6.07, 6.45) is -1.26. The Bertz CT molecular complexity index is 224. The lowest BCUT2D eigenvalue weighted by Gasteiger charge is -2.08. The number of aliphatic hydroxyl groups excluding tert-OH is 1. The van der Waals surface area contributed by atoms with Crippen LogP contribution in [0.4, 0.5) is 0 Å². The van der Waals surface area contributed by atoms with Crippen molar-refractivity contribution in [1.82, 2.24) is 0 Å². The standard InChI is InChI=1S/C8H13NO4/c1-5(2)8(12)13-4-6(10)3-7(9)11/h6,10H,1,3-4H2,2H3,(H2,9,11). The van der Waals surface area contributed by atoms with Crippen molar-refractivity contribution in [2.45, 2.75) is 19.4 Å². The molecule has 0 aliphatic rings. The fourth-order valence-corrected chi connectivity index (χ4v) is 0.586. The molecule has 5 heteroatoms. The summed E-state index contributed by atoms with van der Waals surface area (Å²) in [5.74, 6) is -1.23. The van der Waals surface area contributed by atoms with Crippen molar-refractivity contribution in [2.24, 2.45) is 5.73 Å². The van der Waals surface area contributed by atoms with Crippen molar-refractivity contribution >= 4 is 11.9 Å². The van der Waals surface area contributed by atoms with E-state index in [0.717, 1.165) is 0 Å². The van der Waals surface area contributed by atoms with Gasteiger partial charge >= 0.3 is 5.97 Å². The Hall–Kier alpha value is -1.36. The zero-order chi connectivity index (χ0) is 10.4. The number of rotatable bonds is 5. The average Bonchev–Trinajstić information content (AvgIpc) is 1.98. The van der Waals surface area contributed by atoms with Gasteiger partial charge in [0, 0.05) is 5.57 Å². The molecule has 3 N–H and O–H groups in total. The van der Waals surface area contributed by atoms with E-state index in [1.54, 1.807) is 0 Å². The number of carbonyl (C=O) groups is 2. The lowest BCUT2D eigenvalue weighted by atomic mass is 10.2. The summed E-state index contributed by atoms with van der Waals surface area (Å²) >= 11 is 0. The van der Waals surface area contributed by atoms with E-state index in [-0.39, 0.29) is 18.6 Å². The Morgan fingerprint density at radius 3 is 2.54 bits per heavy atom. The zero-order valence-electron chi connectivity index (χ0n) is 7.45. The van der Waals surface area contributed by atoms with Gasteiger partial charge in [0.2, 0.25) is 5.91 Å². The minimum atomic E-state index is -1.04. The van der Waals surface area contributed by atoms with E-state index in [1.807, 2.05) is 0 Å². The number of carbonyl (C=O) groups excluding carboxylic acids is 2. The number of esters is 1. The smallest absolute Gasteiger partial charge is 0.333 e. The van der Waals surface area contributed by atoms with Crippen LogP contribution in [0.3, 0.4) is 0 Å². The van der Waals surface area contributed by atoms with Gasteiger partial charge < -0.3 is 15.6 Å². The number of amides is 1. The molecule has 0 spiro atoms. The molecule has 0 aromatic carbocycles. The molecule has 74 valence electrons. The second-order valence-corrected chi connectivity index (χ2v) is 2.70. The molecule has 0 aliphatic heterocycles. The van der Waals surface area contributed by atoms with E-state index in [0.29, 0.717) is 0 Å². The molecule has 0 aliphatic carbocycles. The molecular weight excluding hydrogens is 174 g/mol. The van der Waals surface area contributed by atoms with Crippen LogP contribution in [-0.4, -0.2) is 29.7 Å². The van der Waals surface area contributed by atoms with E-state index in [1.165, 1.54) is 6.92 Å². The highest BCUT2D eigenvalue weighted by molar-refractivity contribution is 5.86. The highest BCUT2D eigenvalue weighted by atomic mass is 16.5. The maximum Gasteiger partial charge on any atom is 0.333 e. The third kappa shape index (κ3) is 5.86. The van der Waals surface area contributed by atoms with Gasteiger partial charge in [-0.25, -0.2) is 4.79 Å². The number of primary amides is 1. The predicted molar refractivity (Wildman–Crippen MR) is 45.6 cm³/mol. The summed E-state index contributed by atoms with van der Waals surface area (Å²) in [6.45, 7) is 4.59. The first-order valence-electron chi connectivity index (χ1n) is 3.72. The largest absolute Gasteiger partial charge is 0.460 e. The van der Waals surface area contributed by atoms with Crippen LogP contribution < -0.4 is 5.73 Å². The Morgan fingerprint density at radius 2 is 2.15 bits per heavy atom. The van der Waals surface area contributed by atoms with Crippen LogP contribution >= 0.6 is 0 Å². The fourth-order valence-electron chi connectivity index (χ4n) is 0.586.